The molecular formula is C21H20ClFN2O4. The highest BCUT2D eigenvalue weighted by atomic mass is 35.5. The molecule has 3 rings (SSSR count). The summed E-state index contributed by atoms with van der Waals surface area (Å²) in [5.74, 6) is -0.0138. The van der Waals surface area contributed by atoms with Crippen molar-refractivity contribution in [3.8, 4) is 11.5 Å². The van der Waals surface area contributed by atoms with Crippen LogP contribution in [0.1, 0.15) is 24.5 Å². The lowest BCUT2D eigenvalue weighted by Gasteiger charge is -2.13. The number of ether oxygens (including phenoxy) is 2. The lowest BCUT2D eigenvalue weighted by atomic mass is 10.1. The Labute approximate surface area is 172 Å². The maximum atomic E-state index is 13.0. The molecule has 2 aromatic rings. The number of nitrogens with one attached hydrogen (secondary N) is 1. The van der Waals surface area contributed by atoms with Gasteiger partial charge in [0.15, 0.2) is 11.5 Å². The van der Waals surface area contributed by atoms with Crippen molar-refractivity contribution < 1.29 is 23.5 Å². The number of carbonyl (C=O) groups excluding carboxylic acids is 2. The Kier molecular flexibility index (Phi) is 6.39. The van der Waals surface area contributed by atoms with Gasteiger partial charge in [0.2, 0.25) is 0 Å². The third-order valence-electron chi connectivity index (χ3n) is 4.27. The summed E-state index contributed by atoms with van der Waals surface area (Å²) in [6.07, 6.45) is 2.21. The van der Waals surface area contributed by atoms with E-state index in [-0.39, 0.29) is 29.1 Å². The summed E-state index contributed by atoms with van der Waals surface area (Å²) >= 11 is 6.36. The zero-order chi connectivity index (χ0) is 21.0. The minimum absolute atomic E-state index is 0.168. The predicted octanol–water partition coefficient (Wildman–Crippen LogP) is 4.37. The molecule has 1 aliphatic rings. The van der Waals surface area contributed by atoms with E-state index in [1.54, 1.807) is 24.3 Å². The lowest BCUT2D eigenvalue weighted by Crippen LogP contribution is -2.31. The molecule has 0 spiro atoms. The van der Waals surface area contributed by atoms with E-state index in [0.29, 0.717) is 30.0 Å². The highest BCUT2D eigenvalue weighted by Crippen LogP contribution is 2.37. The number of urea groups is 1. The zero-order valence-electron chi connectivity index (χ0n) is 16.0. The molecule has 1 saturated heterocycles. The number of halogens is 2. The molecule has 6 nitrogen and oxygen atoms in total. The van der Waals surface area contributed by atoms with Gasteiger partial charge in [-0.3, -0.25) is 9.69 Å². The van der Waals surface area contributed by atoms with E-state index < -0.39 is 6.03 Å². The Balaban J connectivity index is 1.82. The third-order valence-corrected chi connectivity index (χ3v) is 4.55. The summed E-state index contributed by atoms with van der Waals surface area (Å²) in [5, 5.41) is 2.84. The molecule has 0 aliphatic carbocycles. The standard InChI is InChI=1S/C21H20ClFN2O4/c1-3-8-25-20(26)17(24-21(25)27)10-14-9-16(22)19(18(11-14)28-2)29-12-13-4-6-15(23)7-5-13/h4-7,9-11H,3,8,12H2,1-2H3,(H,24,27)/b17-10+. The van der Waals surface area contributed by atoms with E-state index in [1.165, 1.54) is 25.3 Å². The molecule has 152 valence electrons. The van der Waals surface area contributed by atoms with Crippen molar-refractivity contribution in [3.63, 3.8) is 0 Å². The zero-order valence-corrected chi connectivity index (χ0v) is 16.8. The molecule has 1 fully saturated rings. The van der Waals surface area contributed by atoms with Crippen molar-refractivity contribution in [2.24, 2.45) is 0 Å². The molecule has 1 N–H and O–H groups in total. The van der Waals surface area contributed by atoms with Crippen molar-refractivity contribution in [2.45, 2.75) is 20.0 Å². The van der Waals surface area contributed by atoms with Crippen molar-refractivity contribution in [2.75, 3.05) is 13.7 Å². The number of rotatable bonds is 7. The van der Waals surface area contributed by atoms with Crippen LogP contribution < -0.4 is 14.8 Å². The summed E-state index contributed by atoms with van der Waals surface area (Å²) in [4.78, 5) is 25.4. The van der Waals surface area contributed by atoms with Crippen molar-refractivity contribution in [3.05, 3.63) is 64.1 Å². The average molecular weight is 419 g/mol. The number of hydrogen-bond acceptors (Lipinski definition) is 4. The van der Waals surface area contributed by atoms with E-state index in [9.17, 15) is 14.0 Å². The van der Waals surface area contributed by atoms with Crippen LogP contribution in [0.15, 0.2) is 42.1 Å². The van der Waals surface area contributed by atoms with Crippen LogP contribution in [0.4, 0.5) is 9.18 Å². The van der Waals surface area contributed by atoms with Gasteiger partial charge in [0.25, 0.3) is 5.91 Å². The fourth-order valence-electron chi connectivity index (χ4n) is 2.86. The van der Waals surface area contributed by atoms with Crippen LogP contribution in [0, 0.1) is 5.82 Å². The fourth-order valence-corrected chi connectivity index (χ4v) is 3.14. The molecule has 3 amide bonds. The Morgan fingerprint density at radius 3 is 2.59 bits per heavy atom. The summed E-state index contributed by atoms with van der Waals surface area (Å²) in [7, 11) is 1.47. The number of amides is 3. The quantitative estimate of drug-likeness (QED) is 0.535. The SMILES string of the molecule is CCCN1C(=O)N/C(=C/c2cc(Cl)c(OCc3ccc(F)cc3)c(OC)c2)C1=O. The third kappa shape index (κ3) is 4.68. The van der Waals surface area contributed by atoms with Gasteiger partial charge in [-0.05, 0) is 47.9 Å². The molecule has 2 aromatic carbocycles. The summed E-state index contributed by atoms with van der Waals surface area (Å²) in [5.41, 5.74) is 1.51. The Bertz CT molecular complexity index is 960. The molecule has 0 aromatic heterocycles. The fraction of sp³-hybridized carbons (Fsp3) is 0.238. The molecule has 0 saturated carbocycles. The molecule has 1 heterocycles. The monoisotopic (exact) mass is 418 g/mol. The average Bonchev–Trinajstić information content (AvgIpc) is 2.96. The van der Waals surface area contributed by atoms with Gasteiger partial charge in [-0.1, -0.05) is 30.7 Å². The van der Waals surface area contributed by atoms with Gasteiger partial charge in [-0.25, -0.2) is 9.18 Å². The first-order chi connectivity index (χ1) is 13.9. The first-order valence-corrected chi connectivity index (χ1v) is 9.40. The molecule has 1 aliphatic heterocycles. The largest absolute Gasteiger partial charge is 0.493 e. The predicted molar refractivity (Wildman–Crippen MR) is 107 cm³/mol. The lowest BCUT2D eigenvalue weighted by molar-refractivity contribution is -0.122. The van der Waals surface area contributed by atoms with Gasteiger partial charge in [0.1, 0.15) is 18.1 Å². The Morgan fingerprint density at radius 1 is 1.21 bits per heavy atom. The normalized spacial score (nSPS) is 15.0. The van der Waals surface area contributed by atoms with Crippen LogP contribution in [-0.2, 0) is 11.4 Å². The molecule has 0 atom stereocenters. The maximum Gasteiger partial charge on any atom is 0.329 e. The van der Waals surface area contributed by atoms with Crippen molar-refractivity contribution >= 4 is 29.6 Å². The summed E-state index contributed by atoms with van der Waals surface area (Å²) < 4.78 is 24.1. The van der Waals surface area contributed by atoms with Gasteiger partial charge in [-0.2, -0.15) is 0 Å². The first kappa shape index (κ1) is 20.7. The molecule has 0 bridgehead atoms. The van der Waals surface area contributed by atoms with Gasteiger partial charge < -0.3 is 14.8 Å². The highest BCUT2D eigenvalue weighted by molar-refractivity contribution is 6.32. The van der Waals surface area contributed by atoms with Gasteiger partial charge >= 0.3 is 6.03 Å². The van der Waals surface area contributed by atoms with Crippen LogP contribution in [0.5, 0.6) is 11.5 Å². The van der Waals surface area contributed by atoms with Gasteiger partial charge in [0, 0.05) is 6.54 Å². The summed E-state index contributed by atoms with van der Waals surface area (Å²) in [6.45, 7) is 2.41. The van der Waals surface area contributed by atoms with Crippen LogP contribution in [-0.4, -0.2) is 30.5 Å². The second kappa shape index (κ2) is 8.96. The first-order valence-electron chi connectivity index (χ1n) is 9.02. The van der Waals surface area contributed by atoms with Crippen LogP contribution in [0.2, 0.25) is 5.02 Å². The smallest absolute Gasteiger partial charge is 0.329 e. The van der Waals surface area contributed by atoms with E-state index in [1.807, 2.05) is 6.92 Å². The van der Waals surface area contributed by atoms with Crippen LogP contribution in [0.25, 0.3) is 6.08 Å². The van der Waals surface area contributed by atoms with Gasteiger partial charge in [-0.15, -0.1) is 0 Å². The minimum atomic E-state index is -0.444. The van der Waals surface area contributed by atoms with Crippen LogP contribution in [0.3, 0.4) is 0 Å². The number of benzene rings is 2. The maximum absolute atomic E-state index is 13.0. The molecule has 0 unspecified atom stereocenters. The molecule has 29 heavy (non-hydrogen) atoms. The molecule has 0 radical (unpaired) electrons. The van der Waals surface area contributed by atoms with Crippen molar-refractivity contribution in [1.29, 1.82) is 0 Å². The number of methoxy groups -OCH3 is 1. The second-order valence-corrected chi connectivity index (χ2v) is 6.80. The Morgan fingerprint density at radius 2 is 1.93 bits per heavy atom. The molecular weight excluding hydrogens is 399 g/mol. The summed E-state index contributed by atoms with van der Waals surface area (Å²) in [6, 6.07) is 8.75. The Hall–Kier alpha value is -3.06. The number of imide groups is 1. The van der Waals surface area contributed by atoms with Crippen LogP contribution >= 0.6 is 11.6 Å². The van der Waals surface area contributed by atoms with Crippen molar-refractivity contribution in [1.82, 2.24) is 10.2 Å². The minimum Gasteiger partial charge on any atom is -0.493 e. The van der Waals surface area contributed by atoms with E-state index in [0.717, 1.165) is 10.5 Å². The number of nitrogens with zero attached hydrogens (tertiary/aromatic N) is 1. The number of carbonyl (C=O) groups is 2. The second-order valence-electron chi connectivity index (χ2n) is 6.39. The van der Waals surface area contributed by atoms with E-state index in [2.05, 4.69) is 5.32 Å². The van der Waals surface area contributed by atoms with E-state index >= 15 is 0 Å². The molecule has 8 heteroatoms. The highest BCUT2D eigenvalue weighted by Gasteiger charge is 2.32. The van der Waals surface area contributed by atoms with E-state index in [4.69, 9.17) is 21.1 Å². The van der Waals surface area contributed by atoms with Gasteiger partial charge in [0.05, 0.1) is 12.1 Å². The topological polar surface area (TPSA) is 67.9 Å². The number of hydrogen-bond donors (Lipinski definition) is 1.